The number of urea groups is 1. The number of nitrogens with zero attached hydrogens (tertiary/aromatic N) is 2. The number of ether oxygens (including phenoxy) is 1. The average Bonchev–Trinajstić information content (AvgIpc) is 2.94. The number of rotatable bonds is 4. The molecular weight excluding hydrogens is 262 g/mol. The zero-order chi connectivity index (χ0) is 14.5. The molecule has 0 bridgehead atoms. The lowest BCUT2D eigenvalue weighted by molar-refractivity contribution is -0.142. The third kappa shape index (κ3) is 3.24. The first-order valence-corrected chi connectivity index (χ1v) is 6.30. The Hall–Kier alpha value is -2.15. The molecule has 1 aromatic rings. The van der Waals surface area contributed by atoms with Gasteiger partial charge in [-0.25, -0.2) is 4.79 Å². The molecule has 7 nitrogen and oxygen atoms in total. The molecule has 0 aromatic carbocycles. The fraction of sp³-hybridized carbons (Fsp3) is 0.462. The van der Waals surface area contributed by atoms with Gasteiger partial charge in [0.05, 0.1) is 31.5 Å². The van der Waals surface area contributed by atoms with Crippen molar-refractivity contribution in [2.24, 2.45) is 5.92 Å². The van der Waals surface area contributed by atoms with E-state index in [1.807, 2.05) is 6.07 Å². The van der Waals surface area contributed by atoms with Crippen LogP contribution in [0.15, 0.2) is 24.4 Å². The Kier molecular flexibility index (Phi) is 4.52. The third-order valence-electron chi connectivity index (χ3n) is 3.33. The van der Waals surface area contributed by atoms with Crippen molar-refractivity contribution in [1.82, 2.24) is 15.2 Å². The number of carbonyl (C=O) groups excluding carboxylic acids is 1. The summed E-state index contributed by atoms with van der Waals surface area (Å²) in [6, 6.07) is 4.65. The van der Waals surface area contributed by atoms with E-state index in [2.05, 4.69) is 10.3 Å². The summed E-state index contributed by atoms with van der Waals surface area (Å²) < 4.78 is 5.15. The standard InChI is InChI=1S/C13H17N3O4/c1-16(11-8-20-7-10(11)12(17)18)13(19)15-6-9-4-2-3-5-14-9/h2-5,10-11H,6-8H2,1H3,(H,15,19)(H,17,18). The van der Waals surface area contributed by atoms with E-state index in [-0.39, 0.29) is 19.2 Å². The number of aliphatic carboxylic acids is 1. The highest BCUT2D eigenvalue weighted by Crippen LogP contribution is 2.19. The second kappa shape index (κ2) is 6.33. The predicted octanol–water partition coefficient (Wildman–Crippen LogP) is 0.323. The lowest BCUT2D eigenvalue weighted by Crippen LogP contribution is -2.48. The Morgan fingerprint density at radius 2 is 2.30 bits per heavy atom. The maximum atomic E-state index is 12.0. The lowest BCUT2D eigenvalue weighted by atomic mass is 10.0. The summed E-state index contributed by atoms with van der Waals surface area (Å²) >= 11 is 0. The minimum Gasteiger partial charge on any atom is -0.481 e. The molecule has 2 atom stereocenters. The summed E-state index contributed by atoms with van der Waals surface area (Å²) in [7, 11) is 1.57. The largest absolute Gasteiger partial charge is 0.481 e. The van der Waals surface area contributed by atoms with Crippen LogP contribution in [0.2, 0.25) is 0 Å². The predicted molar refractivity (Wildman–Crippen MR) is 70.0 cm³/mol. The molecule has 1 saturated heterocycles. The van der Waals surface area contributed by atoms with Gasteiger partial charge in [0.1, 0.15) is 5.92 Å². The number of aromatic nitrogens is 1. The highest BCUT2D eigenvalue weighted by atomic mass is 16.5. The summed E-state index contributed by atoms with van der Waals surface area (Å²) in [4.78, 5) is 28.6. The zero-order valence-corrected chi connectivity index (χ0v) is 11.2. The summed E-state index contributed by atoms with van der Waals surface area (Å²) in [6.07, 6.45) is 1.65. The number of hydrogen-bond donors (Lipinski definition) is 2. The Bertz CT molecular complexity index is 480. The van der Waals surface area contributed by atoms with E-state index in [9.17, 15) is 9.59 Å². The molecule has 1 aliphatic rings. The van der Waals surface area contributed by atoms with Crippen molar-refractivity contribution >= 4 is 12.0 Å². The molecule has 108 valence electrons. The van der Waals surface area contributed by atoms with Crippen LogP contribution in [0.5, 0.6) is 0 Å². The van der Waals surface area contributed by atoms with E-state index in [0.29, 0.717) is 6.54 Å². The second-order valence-corrected chi connectivity index (χ2v) is 4.64. The van der Waals surface area contributed by atoms with Crippen molar-refractivity contribution in [1.29, 1.82) is 0 Å². The van der Waals surface area contributed by atoms with Crippen LogP contribution < -0.4 is 5.32 Å². The molecule has 2 rings (SSSR count). The molecule has 1 aliphatic heterocycles. The topological polar surface area (TPSA) is 91.8 Å². The monoisotopic (exact) mass is 279 g/mol. The van der Waals surface area contributed by atoms with Crippen LogP contribution in [0.3, 0.4) is 0 Å². The minimum atomic E-state index is -0.947. The second-order valence-electron chi connectivity index (χ2n) is 4.64. The van der Waals surface area contributed by atoms with Gasteiger partial charge in [0.25, 0.3) is 0 Å². The van der Waals surface area contributed by atoms with Crippen molar-refractivity contribution in [3.63, 3.8) is 0 Å². The van der Waals surface area contributed by atoms with Crippen LogP contribution in [-0.4, -0.2) is 53.3 Å². The molecule has 1 aromatic heterocycles. The van der Waals surface area contributed by atoms with Crippen LogP contribution in [0.1, 0.15) is 5.69 Å². The summed E-state index contributed by atoms with van der Waals surface area (Å²) in [5.41, 5.74) is 0.742. The van der Waals surface area contributed by atoms with E-state index in [0.717, 1.165) is 5.69 Å². The number of carbonyl (C=O) groups is 2. The van der Waals surface area contributed by atoms with Gasteiger partial charge in [-0.2, -0.15) is 0 Å². The van der Waals surface area contributed by atoms with Gasteiger partial charge in [0, 0.05) is 13.2 Å². The molecule has 0 aliphatic carbocycles. The van der Waals surface area contributed by atoms with Crippen molar-refractivity contribution < 1.29 is 19.4 Å². The van der Waals surface area contributed by atoms with Crippen LogP contribution in [0.25, 0.3) is 0 Å². The van der Waals surface area contributed by atoms with Gasteiger partial charge >= 0.3 is 12.0 Å². The zero-order valence-electron chi connectivity index (χ0n) is 11.2. The number of carboxylic acid groups (broad SMARTS) is 1. The van der Waals surface area contributed by atoms with Crippen molar-refractivity contribution in [2.45, 2.75) is 12.6 Å². The van der Waals surface area contributed by atoms with Crippen molar-refractivity contribution in [2.75, 3.05) is 20.3 Å². The Balaban J connectivity index is 1.90. The van der Waals surface area contributed by atoms with E-state index >= 15 is 0 Å². The molecule has 2 heterocycles. The lowest BCUT2D eigenvalue weighted by Gasteiger charge is -2.26. The smallest absolute Gasteiger partial charge is 0.317 e. The van der Waals surface area contributed by atoms with Crippen LogP contribution in [0.4, 0.5) is 4.79 Å². The molecule has 0 radical (unpaired) electrons. The van der Waals surface area contributed by atoms with Gasteiger partial charge in [-0.1, -0.05) is 6.07 Å². The highest BCUT2D eigenvalue weighted by molar-refractivity contribution is 5.77. The van der Waals surface area contributed by atoms with Gasteiger partial charge in [0.2, 0.25) is 0 Å². The third-order valence-corrected chi connectivity index (χ3v) is 3.33. The number of pyridine rings is 1. The summed E-state index contributed by atoms with van der Waals surface area (Å²) in [5.74, 6) is -1.63. The van der Waals surface area contributed by atoms with Crippen LogP contribution in [-0.2, 0) is 16.1 Å². The first-order chi connectivity index (χ1) is 9.59. The molecule has 2 unspecified atom stereocenters. The van der Waals surface area contributed by atoms with E-state index in [1.165, 1.54) is 4.90 Å². The first kappa shape index (κ1) is 14.3. The SMILES string of the molecule is CN(C(=O)NCc1ccccn1)C1COCC1C(=O)O. The molecular formula is C13H17N3O4. The number of carboxylic acids is 1. The fourth-order valence-corrected chi connectivity index (χ4v) is 2.10. The molecule has 0 saturated carbocycles. The quantitative estimate of drug-likeness (QED) is 0.828. The molecule has 7 heteroatoms. The summed E-state index contributed by atoms with van der Waals surface area (Å²) in [6.45, 7) is 0.678. The van der Waals surface area contributed by atoms with E-state index < -0.39 is 17.9 Å². The van der Waals surface area contributed by atoms with Gasteiger partial charge in [-0.15, -0.1) is 0 Å². The first-order valence-electron chi connectivity index (χ1n) is 6.30. The summed E-state index contributed by atoms with van der Waals surface area (Å²) in [5, 5.41) is 11.8. The van der Waals surface area contributed by atoms with Crippen molar-refractivity contribution in [3.05, 3.63) is 30.1 Å². The Morgan fingerprint density at radius 1 is 1.50 bits per heavy atom. The average molecular weight is 279 g/mol. The normalized spacial score (nSPS) is 21.4. The number of hydrogen-bond acceptors (Lipinski definition) is 4. The van der Waals surface area contributed by atoms with Gasteiger partial charge < -0.3 is 20.1 Å². The minimum absolute atomic E-state index is 0.137. The van der Waals surface area contributed by atoms with E-state index in [1.54, 1.807) is 25.4 Å². The number of likely N-dealkylation sites (N-methyl/N-ethyl adjacent to an activating group) is 1. The van der Waals surface area contributed by atoms with Crippen LogP contribution in [0, 0.1) is 5.92 Å². The molecule has 1 fully saturated rings. The van der Waals surface area contributed by atoms with Crippen LogP contribution >= 0.6 is 0 Å². The van der Waals surface area contributed by atoms with Gasteiger partial charge in [-0.3, -0.25) is 9.78 Å². The maximum absolute atomic E-state index is 12.0. The Morgan fingerprint density at radius 3 is 2.95 bits per heavy atom. The van der Waals surface area contributed by atoms with Crippen molar-refractivity contribution in [3.8, 4) is 0 Å². The van der Waals surface area contributed by atoms with Gasteiger partial charge in [-0.05, 0) is 12.1 Å². The Labute approximate surface area is 116 Å². The maximum Gasteiger partial charge on any atom is 0.317 e. The molecule has 20 heavy (non-hydrogen) atoms. The fourth-order valence-electron chi connectivity index (χ4n) is 2.10. The molecule has 2 N–H and O–H groups in total. The highest BCUT2D eigenvalue weighted by Gasteiger charge is 2.38. The molecule has 0 spiro atoms. The number of nitrogens with one attached hydrogen (secondary N) is 1. The number of amides is 2. The van der Waals surface area contributed by atoms with Gasteiger partial charge in [0.15, 0.2) is 0 Å². The van der Waals surface area contributed by atoms with E-state index in [4.69, 9.17) is 9.84 Å². The molecule has 2 amide bonds.